The molecule has 5 nitrogen and oxygen atoms in total. The molecule has 2 amide bonds. The standard InChI is InChI=1S/C21H24FN3O2/c22-18-6-4-5-16(13-18)14-20(26)24-15-21(27)25-12-3-1-2-7-19(25)17-8-10-23-11-9-17/h4-6,8-11,13,19H,1-3,7,12,14-15H2,(H,24,26)/t19-/m0/s1. The van der Waals surface area contributed by atoms with E-state index in [4.69, 9.17) is 0 Å². The van der Waals surface area contributed by atoms with Gasteiger partial charge in [0.05, 0.1) is 19.0 Å². The number of hydrogen-bond acceptors (Lipinski definition) is 3. The Labute approximate surface area is 158 Å². The minimum atomic E-state index is -0.374. The van der Waals surface area contributed by atoms with Crippen molar-refractivity contribution in [3.8, 4) is 0 Å². The van der Waals surface area contributed by atoms with Gasteiger partial charge in [-0.2, -0.15) is 0 Å². The number of amides is 2. The maximum absolute atomic E-state index is 13.2. The van der Waals surface area contributed by atoms with E-state index >= 15 is 0 Å². The summed E-state index contributed by atoms with van der Waals surface area (Å²) in [6.07, 6.45) is 7.57. The number of hydrogen-bond donors (Lipinski definition) is 1. The zero-order chi connectivity index (χ0) is 19.1. The summed E-state index contributed by atoms with van der Waals surface area (Å²) in [6.45, 7) is 0.640. The van der Waals surface area contributed by atoms with E-state index in [1.165, 1.54) is 12.1 Å². The van der Waals surface area contributed by atoms with Crippen LogP contribution in [0.4, 0.5) is 4.39 Å². The van der Waals surface area contributed by atoms with Crippen molar-refractivity contribution >= 4 is 11.8 Å². The molecular weight excluding hydrogens is 345 g/mol. The first-order chi connectivity index (χ1) is 13.1. The van der Waals surface area contributed by atoms with Crippen LogP contribution < -0.4 is 5.32 Å². The molecule has 0 saturated carbocycles. The summed E-state index contributed by atoms with van der Waals surface area (Å²) in [7, 11) is 0. The van der Waals surface area contributed by atoms with E-state index in [0.717, 1.165) is 31.2 Å². The van der Waals surface area contributed by atoms with Crippen LogP contribution in [-0.4, -0.2) is 34.8 Å². The van der Waals surface area contributed by atoms with Crippen LogP contribution in [0.5, 0.6) is 0 Å². The van der Waals surface area contributed by atoms with Crippen molar-refractivity contribution in [3.63, 3.8) is 0 Å². The summed E-state index contributed by atoms with van der Waals surface area (Å²) in [4.78, 5) is 30.8. The molecule has 1 aliphatic rings. The van der Waals surface area contributed by atoms with Crippen molar-refractivity contribution in [2.45, 2.75) is 38.1 Å². The quantitative estimate of drug-likeness (QED) is 0.881. The number of carbonyl (C=O) groups excluding carboxylic acids is 2. The lowest BCUT2D eigenvalue weighted by Gasteiger charge is -2.30. The van der Waals surface area contributed by atoms with Gasteiger partial charge in [0, 0.05) is 18.9 Å². The van der Waals surface area contributed by atoms with Gasteiger partial charge in [-0.1, -0.05) is 25.0 Å². The van der Waals surface area contributed by atoms with Crippen LogP contribution in [0, 0.1) is 5.82 Å². The van der Waals surface area contributed by atoms with Crippen LogP contribution in [0.1, 0.15) is 42.9 Å². The molecule has 0 bridgehead atoms. The topological polar surface area (TPSA) is 62.3 Å². The third-order valence-electron chi connectivity index (χ3n) is 4.85. The Morgan fingerprint density at radius 2 is 1.96 bits per heavy atom. The number of aromatic nitrogens is 1. The zero-order valence-corrected chi connectivity index (χ0v) is 15.2. The zero-order valence-electron chi connectivity index (χ0n) is 15.2. The molecule has 1 aliphatic heterocycles. The summed E-state index contributed by atoms with van der Waals surface area (Å²) in [6, 6.07) is 9.83. The molecule has 1 atom stereocenters. The predicted molar refractivity (Wildman–Crippen MR) is 100 cm³/mol. The van der Waals surface area contributed by atoms with Gasteiger partial charge < -0.3 is 10.2 Å². The van der Waals surface area contributed by atoms with Crippen LogP contribution in [-0.2, 0) is 16.0 Å². The number of nitrogens with one attached hydrogen (secondary N) is 1. The van der Waals surface area contributed by atoms with Gasteiger partial charge in [-0.3, -0.25) is 14.6 Å². The molecule has 0 spiro atoms. The molecule has 1 aromatic heterocycles. The molecule has 3 rings (SSSR count). The third-order valence-corrected chi connectivity index (χ3v) is 4.85. The summed E-state index contributed by atoms with van der Waals surface area (Å²) in [5.74, 6) is -0.753. The summed E-state index contributed by atoms with van der Waals surface area (Å²) >= 11 is 0. The Balaban J connectivity index is 1.60. The maximum Gasteiger partial charge on any atom is 0.242 e. The Morgan fingerprint density at radius 3 is 2.74 bits per heavy atom. The lowest BCUT2D eigenvalue weighted by atomic mass is 10.0. The first-order valence-electron chi connectivity index (χ1n) is 9.34. The average molecular weight is 369 g/mol. The molecule has 0 aliphatic carbocycles. The lowest BCUT2D eigenvalue weighted by Crippen LogP contribution is -2.42. The summed E-state index contributed by atoms with van der Waals surface area (Å²) < 4.78 is 13.2. The first-order valence-corrected chi connectivity index (χ1v) is 9.34. The monoisotopic (exact) mass is 369 g/mol. The van der Waals surface area contributed by atoms with E-state index in [1.54, 1.807) is 24.5 Å². The maximum atomic E-state index is 13.2. The van der Waals surface area contributed by atoms with E-state index in [-0.39, 0.29) is 36.6 Å². The fourth-order valence-corrected chi connectivity index (χ4v) is 3.51. The second kappa shape index (κ2) is 9.26. The molecule has 0 unspecified atom stereocenters. The third kappa shape index (κ3) is 5.36. The minimum absolute atomic E-state index is 0.0168. The van der Waals surface area contributed by atoms with Crippen LogP contribution in [0.3, 0.4) is 0 Å². The highest BCUT2D eigenvalue weighted by Gasteiger charge is 2.26. The molecule has 1 fully saturated rings. The number of carbonyl (C=O) groups is 2. The second-order valence-electron chi connectivity index (χ2n) is 6.82. The normalized spacial score (nSPS) is 17.2. The van der Waals surface area contributed by atoms with Crippen molar-refractivity contribution in [1.82, 2.24) is 15.2 Å². The molecule has 1 N–H and O–H groups in total. The van der Waals surface area contributed by atoms with Crippen molar-refractivity contribution in [3.05, 3.63) is 65.7 Å². The van der Waals surface area contributed by atoms with Gasteiger partial charge in [-0.25, -0.2) is 4.39 Å². The number of nitrogens with zero attached hydrogens (tertiary/aromatic N) is 2. The Hall–Kier alpha value is -2.76. The van der Waals surface area contributed by atoms with Crippen molar-refractivity contribution in [2.24, 2.45) is 0 Å². The smallest absolute Gasteiger partial charge is 0.242 e. The molecule has 27 heavy (non-hydrogen) atoms. The predicted octanol–water partition coefficient (Wildman–Crippen LogP) is 3.02. The Morgan fingerprint density at radius 1 is 1.15 bits per heavy atom. The molecule has 142 valence electrons. The van der Waals surface area contributed by atoms with Gasteiger partial charge in [0.25, 0.3) is 0 Å². The highest BCUT2D eigenvalue weighted by molar-refractivity contribution is 5.86. The van der Waals surface area contributed by atoms with Gasteiger partial charge in [0.1, 0.15) is 5.82 Å². The highest BCUT2D eigenvalue weighted by atomic mass is 19.1. The fourth-order valence-electron chi connectivity index (χ4n) is 3.51. The van der Waals surface area contributed by atoms with Crippen LogP contribution >= 0.6 is 0 Å². The van der Waals surface area contributed by atoms with Gasteiger partial charge >= 0.3 is 0 Å². The van der Waals surface area contributed by atoms with E-state index in [1.807, 2.05) is 17.0 Å². The van der Waals surface area contributed by atoms with E-state index in [9.17, 15) is 14.0 Å². The van der Waals surface area contributed by atoms with E-state index in [0.29, 0.717) is 12.1 Å². The van der Waals surface area contributed by atoms with E-state index < -0.39 is 0 Å². The van der Waals surface area contributed by atoms with Gasteiger partial charge in [-0.05, 0) is 48.2 Å². The van der Waals surface area contributed by atoms with Crippen molar-refractivity contribution < 1.29 is 14.0 Å². The molecule has 0 radical (unpaired) electrons. The number of likely N-dealkylation sites (tertiary alicyclic amines) is 1. The minimum Gasteiger partial charge on any atom is -0.347 e. The number of pyridine rings is 1. The van der Waals surface area contributed by atoms with Crippen LogP contribution in [0.2, 0.25) is 0 Å². The number of rotatable bonds is 5. The summed E-state index contributed by atoms with van der Waals surface area (Å²) in [5.41, 5.74) is 1.66. The van der Waals surface area contributed by atoms with Gasteiger partial charge in [0.15, 0.2) is 0 Å². The molecule has 6 heteroatoms. The van der Waals surface area contributed by atoms with Crippen LogP contribution in [0.15, 0.2) is 48.8 Å². The highest BCUT2D eigenvalue weighted by Crippen LogP contribution is 2.29. The van der Waals surface area contributed by atoms with E-state index in [2.05, 4.69) is 10.3 Å². The molecule has 2 heterocycles. The molecule has 1 saturated heterocycles. The van der Waals surface area contributed by atoms with Gasteiger partial charge in [0.2, 0.25) is 11.8 Å². The number of benzene rings is 1. The Bertz CT molecular complexity index is 782. The fraction of sp³-hybridized carbons (Fsp3) is 0.381. The SMILES string of the molecule is O=C(Cc1cccc(F)c1)NCC(=O)N1CCCCC[C@H]1c1ccncc1. The van der Waals surface area contributed by atoms with Crippen molar-refractivity contribution in [2.75, 3.05) is 13.1 Å². The van der Waals surface area contributed by atoms with Gasteiger partial charge in [-0.15, -0.1) is 0 Å². The van der Waals surface area contributed by atoms with Crippen LogP contribution in [0.25, 0.3) is 0 Å². The molecule has 1 aromatic carbocycles. The largest absolute Gasteiger partial charge is 0.347 e. The second-order valence-corrected chi connectivity index (χ2v) is 6.82. The molecule has 2 aromatic rings. The lowest BCUT2D eigenvalue weighted by molar-refractivity contribution is -0.134. The average Bonchev–Trinajstić information content (AvgIpc) is 2.93. The number of halogens is 1. The first kappa shape index (κ1) is 19.0. The summed E-state index contributed by atoms with van der Waals surface area (Å²) in [5, 5.41) is 2.68. The van der Waals surface area contributed by atoms with Crippen molar-refractivity contribution in [1.29, 1.82) is 0 Å². The Kier molecular flexibility index (Phi) is 6.52. The molecular formula is C21H24FN3O2.